The minimum atomic E-state index is -0.152. The first kappa shape index (κ1) is 48.2. The molecule has 0 saturated heterocycles. The minimum absolute atomic E-state index is 0.00323. The Morgan fingerprint density at radius 1 is 0.392 bits per heavy atom. The molecule has 4 aliphatic rings. The molecule has 0 N–H and O–H groups in total. The Morgan fingerprint density at radius 3 is 1.47 bits per heavy atom. The molecule has 2 heterocycles. The molecule has 2 aliphatic heterocycles. The highest BCUT2D eigenvalue weighted by Crippen LogP contribution is 2.56. The SMILES string of the molecule is CC(C)(C)c1ccc(N2c3ccc(N(c4ccccc4)c4ccccc4)cc3B3c4cc5c(cc4N(c4ccc6c(c4)C(C)(C)CC6(C)C)c4cc(C(C)(C)C)cc2c43)C(C)(C)CC5(C)C)c(-c2ccccc2)c1. The summed E-state index contributed by atoms with van der Waals surface area (Å²) in [5.41, 5.74) is 25.8. The van der Waals surface area contributed by atoms with Gasteiger partial charge in [0.25, 0.3) is 6.71 Å². The topological polar surface area (TPSA) is 9.72 Å². The Kier molecular flexibility index (Phi) is 10.7. The normalized spacial score (nSPS) is 17.3. The summed E-state index contributed by atoms with van der Waals surface area (Å²) in [6.07, 6.45) is 2.22. The van der Waals surface area contributed by atoms with Crippen LogP contribution in [0.2, 0.25) is 0 Å². The summed E-state index contributed by atoms with van der Waals surface area (Å²) in [6, 6.07) is 65.5. The van der Waals surface area contributed by atoms with Crippen molar-refractivity contribution in [2.75, 3.05) is 14.7 Å². The van der Waals surface area contributed by atoms with E-state index in [0.717, 1.165) is 29.9 Å². The summed E-state index contributed by atoms with van der Waals surface area (Å²) < 4.78 is 0. The van der Waals surface area contributed by atoms with Gasteiger partial charge in [-0.15, -0.1) is 0 Å². The number of hydrogen-bond acceptors (Lipinski definition) is 3. The standard InChI is InChI=1S/C70H74BN3/c1-65(2,3)46-30-34-59(52(36-46)45-24-18-15-19-25-45)74-60-35-32-51(72(48-26-20-16-21-27-48)49-28-22-17-23-29-49)40-57(60)71-58-41-55-56(70(13,14)44-69(55,11)12)42-61(58)73(62-37-47(66(4,5)6)38-63(74)64(62)71)50-31-33-53-54(39-50)68(9,10)43-67(53,7)8/h15-42H,43-44H2,1-14H3. The molecular formula is C70H74BN3. The summed E-state index contributed by atoms with van der Waals surface area (Å²) in [4.78, 5) is 7.80. The molecule has 8 aromatic carbocycles. The smallest absolute Gasteiger partial charge is 0.252 e. The van der Waals surface area contributed by atoms with Gasteiger partial charge in [0.05, 0.1) is 5.69 Å². The second-order valence-electron chi connectivity index (χ2n) is 27.0. The molecule has 12 rings (SSSR count). The number of nitrogens with zero attached hydrogens (tertiary/aromatic N) is 3. The largest absolute Gasteiger partial charge is 0.311 e. The van der Waals surface area contributed by atoms with Gasteiger partial charge in [-0.3, -0.25) is 0 Å². The van der Waals surface area contributed by atoms with Crippen molar-refractivity contribution in [3.05, 3.63) is 203 Å². The van der Waals surface area contributed by atoms with Gasteiger partial charge in [-0.25, -0.2) is 0 Å². The molecule has 8 aromatic rings. The Morgan fingerprint density at radius 2 is 0.892 bits per heavy atom. The van der Waals surface area contributed by atoms with Crippen LogP contribution in [-0.4, -0.2) is 6.71 Å². The molecule has 372 valence electrons. The Labute approximate surface area is 443 Å². The number of anilines is 9. The summed E-state index contributed by atoms with van der Waals surface area (Å²) in [7, 11) is 0. The van der Waals surface area contributed by atoms with E-state index >= 15 is 0 Å². The molecule has 4 heteroatoms. The van der Waals surface area contributed by atoms with Crippen LogP contribution in [0.4, 0.5) is 51.2 Å². The van der Waals surface area contributed by atoms with E-state index in [1.54, 1.807) is 0 Å². The second-order valence-corrected chi connectivity index (χ2v) is 27.0. The van der Waals surface area contributed by atoms with Crippen LogP contribution in [0.15, 0.2) is 170 Å². The highest BCUT2D eigenvalue weighted by molar-refractivity contribution is 7.00. The van der Waals surface area contributed by atoms with Crippen molar-refractivity contribution in [3.63, 3.8) is 0 Å². The third kappa shape index (κ3) is 7.59. The lowest BCUT2D eigenvalue weighted by atomic mass is 9.33. The zero-order valence-electron chi connectivity index (χ0n) is 46.5. The Hall–Kier alpha value is -6.78. The van der Waals surface area contributed by atoms with Crippen molar-refractivity contribution < 1.29 is 0 Å². The number of para-hydroxylation sites is 2. The number of fused-ring (bicyclic) bond motifs is 6. The van der Waals surface area contributed by atoms with E-state index in [0.29, 0.717) is 0 Å². The zero-order chi connectivity index (χ0) is 52.1. The molecular weight excluding hydrogens is 894 g/mol. The van der Waals surface area contributed by atoms with Crippen LogP contribution < -0.4 is 31.1 Å². The molecule has 0 radical (unpaired) electrons. The molecule has 0 spiro atoms. The number of benzene rings is 8. The van der Waals surface area contributed by atoms with E-state index in [1.165, 1.54) is 95.0 Å². The summed E-state index contributed by atoms with van der Waals surface area (Å²) in [6.45, 7) is 33.8. The fraction of sp³-hybridized carbons (Fsp3) is 0.314. The highest BCUT2D eigenvalue weighted by Gasteiger charge is 2.50. The van der Waals surface area contributed by atoms with E-state index < -0.39 is 0 Å². The molecule has 0 bridgehead atoms. The van der Waals surface area contributed by atoms with Gasteiger partial charge in [0.1, 0.15) is 0 Å². The lowest BCUT2D eigenvalue weighted by molar-refractivity contribution is 0.403. The quantitative estimate of drug-likeness (QED) is 0.154. The van der Waals surface area contributed by atoms with E-state index in [1.807, 2.05) is 0 Å². The lowest BCUT2D eigenvalue weighted by Crippen LogP contribution is -2.61. The third-order valence-corrected chi connectivity index (χ3v) is 17.5. The van der Waals surface area contributed by atoms with Crippen molar-refractivity contribution in [2.24, 2.45) is 0 Å². The maximum absolute atomic E-state index is 2.71. The minimum Gasteiger partial charge on any atom is -0.311 e. The molecule has 3 nitrogen and oxygen atoms in total. The van der Waals surface area contributed by atoms with Crippen LogP contribution in [0, 0.1) is 0 Å². The van der Waals surface area contributed by atoms with Crippen LogP contribution in [0.1, 0.15) is 143 Å². The van der Waals surface area contributed by atoms with Crippen LogP contribution in [0.5, 0.6) is 0 Å². The Balaban J connectivity index is 1.23. The van der Waals surface area contributed by atoms with Crippen molar-refractivity contribution in [2.45, 2.75) is 142 Å². The fourth-order valence-electron chi connectivity index (χ4n) is 14.3. The van der Waals surface area contributed by atoms with Crippen LogP contribution in [0.25, 0.3) is 11.1 Å². The first-order valence-corrected chi connectivity index (χ1v) is 27.3. The van der Waals surface area contributed by atoms with Crippen LogP contribution in [-0.2, 0) is 32.5 Å². The van der Waals surface area contributed by atoms with E-state index in [2.05, 4.69) is 281 Å². The van der Waals surface area contributed by atoms with E-state index in [4.69, 9.17) is 0 Å². The van der Waals surface area contributed by atoms with Gasteiger partial charge in [-0.2, -0.15) is 0 Å². The predicted molar refractivity (Wildman–Crippen MR) is 319 cm³/mol. The van der Waals surface area contributed by atoms with Crippen molar-refractivity contribution in [3.8, 4) is 11.1 Å². The molecule has 0 atom stereocenters. The fourth-order valence-corrected chi connectivity index (χ4v) is 14.3. The average Bonchev–Trinajstić information content (AvgIpc) is 3.68. The molecule has 0 aromatic heterocycles. The molecule has 74 heavy (non-hydrogen) atoms. The van der Waals surface area contributed by atoms with Gasteiger partial charge in [0.2, 0.25) is 0 Å². The maximum atomic E-state index is 2.71. The van der Waals surface area contributed by atoms with Gasteiger partial charge in [0.15, 0.2) is 0 Å². The second kappa shape index (κ2) is 16.4. The first-order valence-electron chi connectivity index (χ1n) is 27.3. The van der Waals surface area contributed by atoms with E-state index in [9.17, 15) is 0 Å². The Bertz CT molecular complexity index is 3490. The van der Waals surface area contributed by atoms with Crippen molar-refractivity contribution in [1.29, 1.82) is 0 Å². The van der Waals surface area contributed by atoms with E-state index in [-0.39, 0.29) is 39.2 Å². The van der Waals surface area contributed by atoms with Gasteiger partial charge in [-0.05, 0) is 186 Å². The number of rotatable bonds is 6. The molecule has 0 amide bonds. The van der Waals surface area contributed by atoms with Crippen LogP contribution >= 0.6 is 0 Å². The first-order chi connectivity index (χ1) is 34.9. The molecule has 0 unspecified atom stereocenters. The van der Waals surface area contributed by atoms with Gasteiger partial charge in [-0.1, -0.05) is 182 Å². The molecule has 0 fully saturated rings. The van der Waals surface area contributed by atoms with Crippen molar-refractivity contribution >= 4 is 74.3 Å². The van der Waals surface area contributed by atoms with Gasteiger partial charge in [0, 0.05) is 51.1 Å². The summed E-state index contributed by atoms with van der Waals surface area (Å²) in [5, 5.41) is 0. The number of hydrogen-bond donors (Lipinski definition) is 0. The lowest BCUT2D eigenvalue weighted by Gasteiger charge is -2.46. The van der Waals surface area contributed by atoms with Gasteiger partial charge < -0.3 is 14.7 Å². The molecule has 0 saturated carbocycles. The maximum Gasteiger partial charge on any atom is 0.252 e. The monoisotopic (exact) mass is 968 g/mol. The average molecular weight is 968 g/mol. The molecule has 2 aliphatic carbocycles. The van der Waals surface area contributed by atoms with Gasteiger partial charge >= 0.3 is 0 Å². The van der Waals surface area contributed by atoms with Crippen molar-refractivity contribution in [1.82, 2.24) is 0 Å². The zero-order valence-corrected chi connectivity index (χ0v) is 46.5. The summed E-state index contributed by atoms with van der Waals surface area (Å²) >= 11 is 0. The summed E-state index contributed by atoms with van der Waals surface area (Å²) in [5.74, 6) is 0. The van der Waals surface area contributed by atoms with Crippen LogP contribution in [0.3, 0.4) is 0 Å². The predicted octanol–water partition coefficient (Wildman–Crippen LogP) is 17.4. The third-order valence-electron chi connectivity index (χ3n) is 17.5. The highest BCUT2D eigenvalue weighted by atomic mass is 15.2.